The number of carbonyl (C=O) groups is 1. The molecule has 1 N–H and O–H groups in total. The van der Waals surface area contributed by atoms with E-state index in [9.17, 15) is 4.79 Å². The van der Waals surface area contributed by atoms with E-state index >= 15 is 0 Å². The molecule has 7 heteroatoms. The van der Waals surface area contributed by atoms with Crippen LogP contribution in [0.3, 0.4) is 0 Å². The van der Waals surface area contributed by atoms with Crippen LogP contribution in [-0.2, 0) is 4.79 Å². The molecule has 0 unspecified atom stereocenters. The average molecular weight is 288 g/mol. The number of rotatable bonds is 2. The fourth-order valence-electron chi connectivity index (χ4n) is 1.56. The van der Waals surface area contributed by atoms with E-state index in [2.05, 4.69) is 14.1 Å². The molecule has 0 bridgehead atoms. The van der Waals surface area contributed by atoms with Crippen molar-refractivity contribution in [2.45, 2.75) is 12.8 Å². The van der Waals surface area contributed by atoms with Gasteiger partial charge in [-0.25, -0.2) is 0 Å². The first-order valence-corrected chi connectivity index (χ1v) is 6.56. The van der Waals surface area contributed by atoms with E-state index in [4.69, 9.17) is 23.2 Å². The molecular formula is C10H7Cl2N3OS. The molecule has 1 aromatic heterocycles. The van der Waals surface area contributed by atoms with Crippen LogP contribution in [0, 0.1) is 5.92 Å². The van der Waals surface area contributed by atoms with Crippen LogP contribution >= 0.6 is 34.9 Å². The minimum Gasteiger partial charge on any atom is -0.323 e. The minimum atomic E-state index is -0.0106. The molecule has 1 aliphatic carbocycles. The fraction of sp³-hybridized carbons (Fsp3) is 0.300. The quantitative estimate of drug-likeness (QED) is 0.922. The summed E-state index contributed by atoms with van der Waals surface area (Å²) < 4.78 is 8.20. The number of nitrogens with one attached hydrogen (secondary N) is 1. The maximum atomic E-state index is 11.7. The molecule has 0 radical (unpaired) electrons. The molecule has 1 aliphatic rings. The van der Waals surface area contributed by atoms with Crippen LogP contribution in [0.15, 0.2) is 6.07 Å². The molecule has 3 rings (SSSR count). The van der Waals surface area contributed by atoms with Gasteiger partial charge in [0.05, 0.1) is 27.5 Å². The first-order valence-electron chi connectivity index (χ1n) is 5.08. The highest BCUT2D eigenvalue weighted by atomic mass is 35.5. The summed E-state index contributed by atoms with van der Waals surface area (Å²) in [7, 11) is 0. The summed E-state index contributed by atoms with van der Waals surface area (Å²) in [4.78, 5) is 11.7. The highest BCUT2D eigenvalue weighted by Crippen LogP contribution is 2.37. The second-order valence-corrected chi connectivity index (χ2v) is 5.28. The molecule has 0 spiro atoms. The second kappa shape index (κ2) is 4.08. The van der Waals surface area contributed by atoms with E-state index in [0.717, 1.165) is 24.6 Å². The Bertz CT molecular complexity index is 609. The number of hydrogen-bond acceptors (Lipinski definition) is 4. The number of benzene rings is 1. The van der Waals surface area contributed by atoms with Crippen molar-refractivity contribution in [2.75, 3.05) is 5.32 Å². The molecule has 1 saturated carbocycles. The van der Waals surface area contributed by atoms with Crippen LogP contribution in [0.4, 0.5) is 5.69 Å². The maximum absolute atomic E-state index is 11.7. The maximum Gasteiger partial charge on any atom is 0.227 e. The number of fused-ring (bicyclic) bond motifs is 1. The van der Waals surface area contributed by atoms with E-state index in [1.807, 2.05) is 0 Å². The van der Waals surface area contributed by atoms with Gasteiger partial charge in [0.15, 0.2) is 0 Å². The Balaban J connectivity index is 2.07. The summed E-state index contributed by atoms with van der Waals surface area (Å²) in [6.07, 6.45) is 1.88. The van der Waals surface area contributed by atoms with Crippen molar-refractivity contribution in [3.8, 4) is 0 Å². The summed E-state index contributed by atoms with van der Waals surface area (Å²) in [5.74, 6) is 0.104. The third kappa shape index (κ3) is 1.99. The summed E-state index contributed by atoms with van der Waals surface area (Å²) in [6.45, 7) is 0. The Kier molecular flexibility index (Phi) is 2.69. The van der Waals surface area contributed by atoms with E-state index in [0.29, 0.717) is 26.8 Å². The zero-order valence-electron chi connectivity index (χ0n) is 8.54. The Morgan fingerprint density at radius 3 is 2.71 bits per heavy atom. The van der Waals surface area contributed by atoms with Crippen LogP contribution in [0.25, 0.3) is 11.0 Å². The molecule has 88 valence electrons. The van der Waals surface area contributed by atoms with Gasteiger partial charge in [0.25, 0.3) is 0 Å². The van der Waals surface area contributed by atoms with Crippen molar-refractivity contribution in [2.24, 2.45) is 5.92 Å². The van der Waals surface area contributed by atoms with Crippen LogP contribution in [-0.4, -0.2) is 14.7 Å². The van der Waals surface area contributed by atoms with Gasteiger partial charge >= 0.3 is 0 Å². The van der Waals surface area contributed by atoms with Gasteiger partial charge in [-0.3, -0.25) is 4.79 Å². The number of amides is 1. The highest BCUT2D eigenvalue weighted by Gasteiger charge is 2.30. The van der Waals surface area contributed by atoms with Gasteiger partial charge in [0.1, 0.15) is 11.0 Å². The lowest BCUT2D eigenvalue weighted by Gasteiger charge is -2.07. The lowest BCUT2D eigenvalue weighted by molar-refractivity contribution is -0.117. The Morgan fingerprint density at radius 1 is 1.29 bits per heavy atom. The molecular weight excluding hydrogens is 281 g/mol. The summed E-state index contributed by atoms with van der Waals surface area (Å²) in [5, 5.41) is 3.64. The lowest BCUT2D eigenvalue weighted by atomic mass is 10.2. The average Bonchev–Trinajstić information content (AvgIpc) is 3.02. The molecule has 2 aromatic rings. The molecule has 0 aliphatic heterocycles. The van der Waals surface area contributed by atoms with Crippen molar-refractivity contribution in [3.05, 3.63) is 16.1 Å². The van der Waals surface area contributed by atoms with Crippen LogP contribution in [0.1, 0.15) is 12.8 Å². The van der Waals surface area contributed by atoms with Crippen molar-refractivity contribution >= 4 is 57.6 Å². The molecule has 1 amide bonds. The van der Waals surface area contributed by atoms with Crippen LogP contribution < -0.4 is 5.32 Å². The monoisotopic (exact) mass is 287 g/mol. The molecule has 17 heavy (non-hydrogen) atoms. The fourth-order valence-corrected chi connectivity index (χ4v) is 2.72. The van der Waals surface area contributed by atoms with Crippen molar-refractivity contribution in [1.82, 2.24) is 8.75 Å². The number of carbonyl (C=O) groups excluding carboxylic acids is 1. The molecule has 0 atom stereocenters. The third-order valence-corrected chi connectivity index (χ3v) is 3.75. The van der Waals surface area contributed by atoms with Gasteiger partial charge in [-0.1, -0.05) is 23.2 Å². The zero-order valence-corrected chi connectivity index (χ0v) is 10.9. The summed E-state index contributed by atoms with van der Waals surface area (Å²) in [6, 6.07) is 1.58. The van der Waals surface area contributed by atoms with Crippen molar-refractivity contribution in [3.63, 3.8) is 0 Å². The van der Waals surface area contributed by atoms with Gasteiger partial charge < -0.3 is 5.32 Å². The van der Waals surface area contributed by atoms with Crippen molar-refractivity contribution < 1.29 is 4.79 Å². The smallest absolute Gasteiger partial charge is 0.227 e. The van der Waals surface area contributed by atoms with Gasteiger partial charge in [-0.15, -0.1) is 0 Å². The predicted octanol–water partition coefficient (Wildman–Crippen LogP) is 3.35. The standard InChI is InChI=1S/C10H7Cl2N3OS/c11-5-3-6(12)8-9(15-17-14-8)7(5)13-10(16)4-1-2-4/h3-4H,1-2H2,(H,13,16). The summed E-state index contributed by atoms with van der Waals surface area (Å²) in [5.41, 5.74) is 1.64. The summed E-state index contributed by atoms with van der Waals surface area (Å²) >= 11 is 13.1. The Morgan fingerprint density at radius 2 is 2.00 bits per heavy atom. The van der Waals surface area contributed by atoms with E-state index in [1.54, 1.807) is 6.07 Å². The number of aromatic nitrogens is 2. The number of nitrogens with zero attached hydrogens (tertiary/aromatic N) is 2. The van der Waals surface area contributed by atoms with E-state index < -0.39 is 0 Å². The van der Waals surface area contributed by atoms with Crippen LogP contribution in [0.2, 0.25) is 10.0 Å². The SMILES string of the molecule is O=C(Nc1c(Cl)cc(Cl)c2nsnc12)C1CC1. The minimum absolute atomic E-state index is 0.0106. The Labute approximate surface area is 111 Å². The molecule has 1 fully saturated rings. The lowest BCUT2D eigenvalue weighted by Crippen LogP contribution is -2.14. The molecule has 0 saturated heterocycles. The zero-order chi connectivity index (χ0) is 12.0. The first-order chi connectivity index (χ1) is 8.16. The highest BCUT2D eigenvalue weighted by molar-refractivity contribution is 7.00. The predicted molar refractivity (Wildman–Crippen MR) is 68.8 cm³/mol. The number of anilines is 1. The van der Waals surface area contributed by atoms with E-state index in [1.165, 1.54) is 0 Å². The number of halogens is 2. The second-order valence-electron chi connectivity index (χ2n) is 3.94. The van der Waals surface area contributed by atoms with Gasteiger partial charge in [-0.05, 0) is 18.9 Å². The van der Waals surface area contributed by atoms with Gasteiger partial charge in [0, 0.05) is 5.92 Å². The number of hydrogen-bond donors (Lipinski definition) is 1. The molecule has 1 aromatic carbocycles. The van der Waals surface area contributed by atoms with Gasteiger partial charge in [0.2, 0.25) is 5.91 Å². The largest absolute Gasteiger partial charge is 0.323 e. The third-order valence-electron chi connectivity index (χ3n) is 2.64. The van der Waals surface area contributed by atoms with E-state index in [-0.39, 0.29) is 11.8 Å². The molecule has 4 nitrogen and oxygen atoms in total. The molecule has 1 heterocycles. The Hall–Kier alpha value is -0.910. The van der Waals surface area contributed by atoms with Crippen LogP contribution in [0.5, 0.6) is 0 Å². The normalized spacial score (nSPS) is 15.2. The first kappa shape index (κ1) is 11.2. The van der Waals surface area contributed by atoms with Gasteiger partial charge in [-0.2, -0.15) is 8.75 Å². The topological polar surface area (TPSA) is 54.9 Å². The van der Waals surface area contributed by atoms with Crippen molar-refractivity contribution in [1.29, 1.82) is 0 Å².